The third-order valence-electron chi connectivity index (χ3n) is 8.41. The van der Waals surface area contributed by atoms with E-state index in [0.717, 1.165) is 58.0 Å². The van der Waals surface area contributed by atoms with Gasteiger partial charge in [-0.3, -0.25) is 14.1 Å². The van der Waals surface area contributed by atoms with Crippen molar-refractivity contribution in [2.75, 3.05) is 43.4 Å². The number of carbonyl (C=O) groups excluding carboxylic acids is 2. The molecule has 1 amide bonds. The summed E-state index contributed by atoms with van der Waals surface area (Å²) in [6.07, 6.45) is 11.0. The first-order valence-electron chi connectivity index (χ1n) is 15.5. The summed E-state index contributed by atoms with van der Waals surface area (Å²) in [6.45, 7) is 3.03. The molecule has 2 fully saturated rings. The van der Waals surface area contributed by atoms with Crippen LogP contribution in [-0.2, 0) is 26.1 Å². The predicted octanol–water partition coefficient (Wildman–Crippen LogP) is 5.14. The normalized spacial score (nSPS) is 16.2. The van der Waals surface area contributed by atoms with Gasteiger partial charge >= 0.3 is 0 Å². The molecular weight excluding hydrogens is 611 g/mol. The number of nitrogens with zero attached hydrogens (tertiary/aromatic N) is 4. The second-order valence-electron chi connectivity index (χ2n) is 11.8. The van der Waals surface area contributed by atoms with Gasteiger partial charge in [0.15, 0.2) is 0 Å². The van der Waals surface area contributed by atoms with E-state index in [1.807, 2.05) is 0 Å². The molecular formula is C31H42ClFN4O6S. The zero-order valence-electron chi connectivity index (χ0n) is 25.0. The average Bonchev–Trinajstić information content (AvgIpc) is 2.95. The standard InChI is InChI=1S/C31H42ClFN4O6S/c32-26-19-34-31(35-20-26)36-13-11-23(12-14-36)7-6-15-43-27-10-9-24(28(33)18-27)17-30(39)37-21-25(22-37)29(38)8-4-2-1-3-5-16-44(40,41)42/h9-10,18-20,23,25H,1-8,11-17,21-22H2,(H,40,41,42). The third kappa shape index (κ3) is 11.0. The summed E-state index contributed by atoms with van der Waals surface area (Å²) in [5, 5.41) is 0.527. The van der Waals surface area contributed by atoms with Crippen LogP contribution < -0.4 is 9.64 Å². The van der Waals surface area contributed by atoms with E-state index in [4.69, 9.17) is 20.9 Å². The number of Topliss-reactive ketones (excluding diaryl/α,β-unsaturated/α-hetero) is 1. The number of hydrogen-bond acceptors (Lipinski definition) is 8. The van der Waals surface area contributed by atoms with Gasteiger partial charge in [0.2, 0.25) is 11.9 Å². The summed E-state index contributed by atoms with van der Waals surface area (Å²) in [4.78, 5) is 37.4. The largest absolute Gasteiger partial charge is 0.493 e. The predicted molar refractivity (Wildman–Crippen MR) is 166 cm³/mol. The molecule has 10 nitrogen and oxygen atoms in total. The smallest absolute Gasteiger partial charge is 0.264 e. The van der Waals surface area contributed by atoms with Gasteiger partial charge in [-0.15, -0.1) is 0 Å². The quantitative estimate of drug-likeness (QED) is 0.182. The molecule has 0 unspecified atom stereocenters. The third-order valence-corrected chi connectivity index (χ3v) is 9.41. The van der Waals surface area contributed by atoms with Crippen LogP contribution >= 0.6 is 11.6 Å². The zero-order chi connectivity index (χ0) is 31.5. The fourth-order valence-corrected chi connectivity index (χ4v) is 6.36. The first kappa shape index (κ1) is 34.1. The van der Waals surface area contributed by atoms with Crippen molar-refractivity contribution in [1.29, 1.82) is 0 Å². The van der Waals surface area contributed by atoms with E-state index in [1.54, 1.807) is 29.4 Å². The molecule has 2 aliphatic rings. The summed E-state index contributed by atoms with van der Waals surface area (Å²) in [5.74, 6) is 0.795. The van der Waals surface area contributed by atoms with E-state index in [-0.39, 0.29) is 29.8 Å². The van der Waals surface area contributed by atoms with Crippen LogP contribution in [0.4, 0.5) is 10.3 Å². The Morgan fingerprint density at radius 3 is 2.39 bits per heavy atom. The molecule has 0 radical (unpaired) electrons. The second kappa shape index (κ2) is 16.5. The summed E-state index contributed by atoms with van der Waals surface area (Å²) >= 11 is 5.87. The molecule has 3 heterocycles. The van der Waals surface area contributed by atoms with Crippen LogP contribution in [0, 0.1) is 17.7 Å². The van der Waals surface area contributed by atoms with E-state index in [2.05, 4.69) is 14.9 Å². The molecule has 0 spiro atoms. The number of aromatic nitrogens is 2. The van der Waals surface area contributed by atoms with Crippen LogP contribution in [0.2, 0.25) is 5.02 Å². The Kier molecular flexibility index (Phi) is 12.7. The summed E-state index contributed by atoms with van der Waals surface area (Å²) < 4.78 is 50.7. The van der Waals surface area contributed by atoms with Gasteiger partial charge in [0.1, 0.15) is 17.3 Å². The lowest BCUT2D eigenvalue weighted by atomic mass is 9.91. The Morgan fingerprint density at radius 1 is 1.02 bits per heavy atom. The molecule has 0 aliphatic carbocycles. The number of likely N-dealkylation sites (tertiary alicyclic amines) is 1. The number of rotatable bonds is 17. The first-order valence-corrected chi connectivity index (χ1v) is 17.5. The van der Waals surface area contributed by atoms with Crippen LogP contribution in [0.3, 0.4) is 0 Å². The molecule has 0 bridgehead atoms. The second-order valence-corrected chi connectivity index (χ2v) is 13.8. The Hall–Kier alpha value is -2.83. The summed E-state index contributed by atoms with van der Waals surface area (Å²) in [5.41, 5.74) is 0.308. The van der Waals surface area contributed by atoms with E-state index < -0.39 is 15.9 Å². The Morgan fingerprint density at radius 2 is 1.70 bits per heavy atom. The molecule has 4 rings (SSSR count). The van der Waals surface area contributed by atoms with Crippen molar-refractivity contribution >= 4 is 39.4 Å². The lowest BCUT2D eigenvalue weighted by Crippen LogP contribution is -2.53. The summed E-state index contributed by atoms with van der Waals surface area (Å²) in [7, 11) is -3.91. The number of carbonyl (C=O) groups is 2. The van der Waals surface area contributed by atoms with E-state index >= 15 is 0 Å². The minimum absolute atomic E-state index is 0.0592. The number of unbranched alkanes of at least 4 members (excludes halogenated alkanes) is 4. The molecule has 242 valence electrons. The van der Waals surface area contributed by atoms with Crippen LogP contribution in [0.25, 0.3) is 0 Å². The lowest BCUT2D eigenvalue weighted by molar-refractivity contribution is -0.141. The number of piperidine rings is 1. The fraction of sp³-hybridized carbons (Fsp3) is 0.613. The molecule has 2 saturated heterocycles. The van der Waals surface area contributed by atoms with Crippen molar-refractivity contribution in [3.8, 4) is 5.75 Å². The highest BCUT2D eigenvalue weighted by atomic mass is 35.5. The molecule has 0 atom stereocenters. The lowest BCUT2D eigenvalue weighted by Gasteiger charge is -2.38. The van der Waals surface area contributed by atoms with Gasteiger partial charge in [0.25, 0.3) is 10.1 Å². The van der Waals surface area contributed by atoms with Crippen molar-refractivity contribution in [3.05, 3.63) is 47.0 Å². The monoisotopic (exact) mass is 652 g/mol. The molecule has 13 heteroatoms. The number of halogens is 2. The van der Waals surface area contributed by atoms with Crippen molar-refractivity contribution in [2.24, 2.45) is 11.8 Å². The van der Waals surface area contributed by atoms with Gasteiger partial charge in [-0.1, -0.05) is 36.9 Å². The van der Waals surface area contributed by atoms with Crippen LogP contribution in [0.1, 0.15) is 69.8 Å². The highest BCUT2D eigenvalue weighted by Crippen LogP contribution is 2.26. The molecule has 2 aromatic rings. The minimum atomic E-state index is -3.91. The number of anilines is 1. The van der Waals surface area contributed by atoms with Gasteiger partial charge in [0.05, 0.1) is 42.1 Å². The fourth-order valence-electron chi connectivity index (χ4n) is 5.69. The zero-order valence-corrected chi connectivity index (χ0v) is 26.6. The number of ketones is 1. The van der Waals surface area contributed by atoms with E-state index in [1.165, 1.54) is 6.07 Å². The van der Waals surface area contributed by atoms with Crippen molar-refractivity contribution in [1.82, 2.24) is 14.9 Å². The highest BCUT2D eigenvalue weighted by Gasteiger charge is 2.35. The maximum absolute atomic E-state index is 14.7. The molecule has 1 N–H and O–H groups in total. The van der Waals surface area contributed by atoms with Gasteiger partial charge in [-0.25, -0.2) is 14.4 Å². The van der Waals surface area contributed by atoms with Crippen LogP contribution in [0.5, 0.6) is 5.75 Å². The molecule has 1 aromatic heterocycles. The van der Waals surface area contributed by atoms with E-state index in [0.29, 0.717) is 67.2 Å². The maximum atomic E-state index is 14.7. The molecule has 1 aromatic carbocycles. The Labute approximate surface area is 264 Å². The minimum Gasteiger partial charge on any atom is -0.493 e. The van der Waals surface area contributed by atoms with Crippen molar-refractivity contribution in [2.45, 2.75) is 70.6 Å². The molecule has 44 heavy (non-hydrogen) atoms. The molecule has 2 aliphatic heterocycles. The Bertz CT molecular complexity index is 1350. The van der Waals surface area contributed by atoms with Gasteiger partial charge in [-0.2, -0.15) is 8.42 Å². The molecule has 0 saturated carbocycles. The SMILES string of the molecule is O=C(CCCCCCCS(=O)(=O)O)C1CN(C(=O)Cc2ccc(OCCCC3CCN(c4ncc(Cl)cn4)CC3)cc2F)C1. The van der Waals surface area contributed by atoms with Gasteiger partial charge in [-0.05, 0) is 56.1 Å². The van der Waals surface area contributed by atoms with E-state index in [9.17, 15) is 22.4 Å². The van der Waals surface area contributed by atoms with Crippen LogP contribution in [0.15, 0.2) is 30.6 Å². The first-order chi connectivity index (χ1) is 21.1. The average molecular weight is 653 g/mol. The van der Waals surface area contributed by atoms with Gasteiger partial charge in [0, 0.05) is 38.7 Å². The van der Waals surface area contributed by atoms with Gasteiger partial charge < -0.3 is 14.5 Å². The maximum Gasteiger partial charge on any atom is 0.264 e. The number of hydrogen-bond donors (Lipinski definition) is 1. The summed E-state index contributed by atoms with van der Waals surface area (Å²) in [6, 6.07) is 4.62. The van der Waals surface area contributed by atoms with Crippen molar-refractivity contribution in [3.63, 3.8) is 0 Å². The highest BCUT2D eigenvalue weighted by molar-refractivity contribution is 7.85. The number of amides is 1. The Balaban J connectivity index is 1.06. The topological polar surface area (TPSA) is 130 Å². The van der Waals surface area contributed by atoms with Crippen molar-refractivity contribution < 1.29 is 31.7 Å². The number of ether oxygens (including phenoxy) is 1. The van der Waals surface area contributed by atoms with Crippen LogP contribution in [-0.4, -0.2) is 78.1 Å². The number of benzene rings is 1.